The first-order chi connectivity index (χ1) is 44.2. The Labute approximate surface area is 549 Å². The molecule has 3 atom stereocenters. The van der Waals surface area contributed by atoms with Gasteiger partial charge in [0, 0.05) is 52.2 Å². The summed E-state index contributed by atoms with van der Waals surface area (Å²) in [7, 11) is 4.02. The van der Waals surface area contributed by atoms with Crippen LogP contribution in [0.3, 0.4) is 0 Å². The SMILES string of the molecule is CC(Sc1nnc(-c2ccc(-c3ccc(NC(=O)CSc4nnc(C5CC=CS5)n4C(F)(F)c4ccccc4)cc3)s2)n1C(C)c1ccccc1)C(=O)Nc1cccc(-c2ccc(-c3nnc(SCC(=O)Nc4ccccc4)n3Cc3ccc(N(C)C)cc3)s2)c1. The monoisotopic (exact) mass is 1320 g/mol. The number of thioether (sulfide) groups is 4. The molecule has 91 heavy (non-hydrogen) atoms. The number of rotatable bonds is 24. The molecule has 0 aliphatic carbocycles. The maximum atomic E-state index is 16.2. The fourth-order valence-corrected chi connectivity index (χ4v) is 15.4. The first-order valence-electron chi connectivity index (χ1n) is 28.9. The number of benzene rings is 6. The van der Waals surface area contributed by atoms with Crippen LogP contribution in [0.1, 0.15) is 54.1 Å². The molecule has 0 saturated carbocycles. The average Bonchev–Trinajstić information content (AvgIpc) is 1.73. The Balaban J connectivity index is 0.711. The normalized spacial score (nSPS) is 13.7. The lowest BCUT2D eigenvalue weighted by Crippen LogP contribution is -2.28. The number of amides is 3. The highest BCUT2D eigenvalue weighted by Gasteiger charge is 2.41. The molecule has 6 aromatic carbocycles. The number of carbonyl (C=O) groups is 3. The summed E-state index contributed by atoms with van der Waals surface area (Å²) in [6.45, 7) is 4.44. The van der Waals surface area contributed by atoms with Crippen molar-refractivity contribution in [1.29, 1.82) is 0 Å². The first kappa shape index (κ1) is 62.5. The van der Waals surface area contributed by atoms with Gasteiger partial charge in [0.1, 0.15) is 0 Å². The minimum atomic E-state index is -3.45. The Bertz CT molecular complexity index is 4360. The molecular weight excluding hydrogens is 1270 g/mol. The number of aromatic nitrogens is 9. The van der Waals surface area contributed by atoms with E-state index in [9.17, 15) is 14.4 Å². The lowest BCUT2D eigenvalue weighted by Gasteiger charge is -2.23. The second-order valence-electron chi connectivity index (χ2n) is 21.3. The third-order valence-corrected chi connectivity index (χ3v) is 21.1. The summed E-state index contributed by atoms with van der Waals surface area (Å²) in [5, 5.41) is 38.2. The van der Waals surface area contributed by atoms with Crippen LogP contribution in [0.15, 0.2) is 215 Å². The Morgan fingerprint density at radius 1 is 0.604 bits per heavy atom. The van der Waals surface area contributed by atoms with Gasteiger partial charge in [-0.15, -0.1) is 65.0 Å². The van der Waals surface area contributed by atoms with Crippen LogP contribution in [0.2, 0.25) is 0 Å². The molecule has 6 heterocycles. The molecule has 0 saturated heterocycles. The highest BCUT2D eigenvalue weighted by Crippen LogP contribution is 2.44. The van der Waals surface area contributed by atoms with Crippen LogP contribution in [-0.2, 0) is 27.0 Å². The zero-order valence-corrected chi connectivity index (χ0v) is 54.4. The molecule has 3 unspecified atom stereocenters. The molecule has 0 bridgehead atoms. The summed E-state index contributed by atoms with van der Waals surface area (Å²) < 4.78 is 37.4. The minimum absolute atomic E-state index is 0.0484. The van der Waals surface area contributed by atoms with E-state index in [1.54, 1.807) is 53.0 Å². The van der Waals surface area contributed by atoms with Crippen LogP contribution in [0.4, 0.5) is 31.5 Å². The average molecular weight is 1320 g/mol. The fourth-order valence-electron chi connectivity index (χ4n) is 10.0. The minimum Gasteiger partial charge on any atom is -0.378 e. The molecule has 24 heteroatoms. The maximum Gasteiger partial charge on any atom is 0.359 e. The number of hydrogen-bond acceptors (Lipinski definition) is 16. The third-order valence-electron chi connectivity index (χ3n) is 14.8. The van der Waals surface area contributed by atoms with E-state index in [2.05, 4.69) is 93.7 Å². The van der Waals surface area contributed by atoms with Gasteiger partial charge >= 0.3 is 6.05 Å². The standard InChI is InChI=1S/C67H59F2N13O3S6/c1-42(45-16-8-5-9-17-45)81-61(57-36-33-53(90-57)46-27-29-50(30-28-46)71-59(84)41-88-66-78-75-62(55-24-15-37-86-55)82(66)67(68,69)48-19-10-6-11-20-48)74-77-65(81)89-43(2)63(85)72-51-23-14-18-47(38-51)54-34-35-56(91-54)60-73-76-64(87-40-58(83)70-49-21-12-7-13-22-49)80(60)39-44-25-31-52(32-26-44)79(3)4/h5-23,25-38,42-43,55H,24,39-41H2,1-4H3,(H,70,83)(H,71,84)(H,72,85). The van der Waals surface area contributed by atoms with Crippen LogP contribution >= 0.6 is 69.7 Å². The summed E-state index contributed by atoms with van der Waals surface area (Å²) in [5.74, 6) is 0.726. The van der Waals surface area contributed by atoms with Crippen LogP contribution in [0, 0.1) is 0 Å². The van der Waals surface area contributed by atoms with E-state index < -0.39 is 11.3 Å². The predicted molar refractivity (Wildman–Crippen MR) is 367 cm³/mol. The molecule has 11 aromatic rings. The Kier molecular flexibility index (Phi) is 19.4. The van der Waals surface area contributed by atoms with Gasteiger partial charge in [0.15, 0.2) is 32.9 Å². The molecule has 3 N–H and O–H groups in total. The van der Waals surface area contributed by atoms with E-state index in [0.29, 0.717) is 46.3 Å². The molecule has 12 rings (SSSR count). The van der Waals surface area contributed by atoms with Gasteiger partial charge in [0.05, 0.1) is 44.3 Å². The molecule has 3 amide bonds. The van der Waals surface area contributed by atoms with Crippen LogP contribution in [0.5, 0.6) is 0 Å². The number of carbonyl (C=O) groups excluding carboxylic acids is 3. The Morgan fingerprint density at radius 3 is 1.86 bits per heavy atom. The predicted octanol–water partition coefficient (Wildman–Crippen LogP) is 15.8. The summed E-state index contributed by atoms with van der Waals surface area (Å²) in [6, 6.07) is 55.0. The zero-order chi connectivity index (χ0) is 63.0. The van der Waals surface area contributed by atoms with Gasteiger partial charge in [-0.3, -0.25) is 23.5 Å². The van der Waals surface area contributed by atoms with Crippen molar-refractivity contribution >= 4 is 110 Å². The highest BCUT2D eigenvalue weighted by atomic mass is 32.2. The van der Waals surface area contributed by atoms with E-state index in [0.717, 1.165) is 69.5 Å². The van der Waals surface area contributed by atoms with Crippen molar-refractivity contribution in [2.24, 2.45) is 0 Å². The number of allylic oxidation sites excluding steroid dienone is 1. The summed E-state index contributed by atoms with van der Waals surface area (Å²) in [4.78, 5) is 46.3. The Morgan fingerprint density at radius 2 is 1.19 bits per heavy atom. The lowest BCUT2D eigenvalue weighted by atomic mass is 10.1. The number of alkyl halides is 2. The van der Waals surface area contributed by atoms with Gasteiger partial charge in [0.2, 0.25) is 17.7 Å². The van der Waals surface area contributed by atoms with Crippen molar-refractivity contribution < 1.29 is 23.2 Å². The molecule has 1 aliphatic heterocycles. The summed E-state index contributed by atoms with van der Waals surface area (Å²) in [5.41, 5.74) is 6.72. The lowest BCUT2D eigenvalue weighted by molar-refractivity contribution is -0.115. The van der Waals surface area contributed by atoms with Gasteiger partial charge in [-0.05, 0) is 121 Å². The van der Waals surface area contributed by atoms with Crippen molar-refractivity contribution in [2.45, 2.75) is 64.9 Å². The number of anilines is 4. The number of hydrogen-bond donors (Lipinski definition) is 3. The number of halogens is 2. The topological polar surface area (TPSA) is 183 Å². The number of nitrogens with one attached hydrogen (secondary N) is 3. The largest absolute Gasteiger partial charge is 0.378 e. The van der Waals surface area contributed by atoms with Crippen molar-refractivity contribution in [3.63, 3.8) is 0 Å². The van der Waals surface area contributed by atoms with E-state index in [1.807, 2.05) is 142 Å². The molecular formula is C67H59F2N13O3S6. The van der Waals surface area contributed by atoms with Gasteiger partial charge in [-0.1, -0.05) is 157 Å². The molecule has 16 nitrogen and oxygen atoms in total. The summed E-state index contributed by atoms with van der Waals surface area (Å²) in [6.07, 6.45) is 2.47. The quantitative estimate of drug-likeness (QED) is 0.0486. The summed E-state index contributed by atoms with van der Waals surface area (Å²) >= 11 is 8.10. The zero-order valence-electron chi connectivity index (χ0n) is 49.5. The Hall–Kier alpha value is -8.65. The van der Waals surface area contributed by atoms with E-state index in [1.165, 1.54) is 47.4 Å². The number of thiophene rings is 2. The van der Waals surface area contributed by atoms with Crippen LogP contribution in [-0.4, -0.2) is 92.9 Å². The van der Waals surface area contributed by atoms with E-state index in [4.69, 9.17) is 10.2 Å². The molecule has 1 aliphatic rings. The number of nitrogens with zero attached hydrogens (tertiary/aromatic N) is 10. The van der Waals surface area contributed by atoms with Gasteiger partial charge in [-0.25, -0.2) is 4.57 Å². The third kappa shape index (κ3) is 14.6. The van der Waals surface area contributed by atoms with E-state index >= 15 is 8.78 Å². The second-order valence-corrected chi connectivity index (χ2v) is 27.8. The van der Waals surface area contributed by atoms with Crippen molar-refractivity contribution in [3.05, 3.63) is 222 Å². The molecule has 0 fully saturated rings. The second kappa shape index (κ2) is 28.3. The van der Waals surface area contributed by atoms with Gasteiger partial charge < -0.3 is 20.9 Å². The smallest absolute Gasteiger partial charge is 0.359 e. The van der Waals surface area contributed by atoms with Gasteiger partial charge in [0.25, 0.3) is 0 Å². The molecule has 5 aromatic heterocycles. The molecule has 460 valence electrons. The van der Waals surface area contributed by atoms with Crippen molar-refractivity contribution in [1.82, 2.24) is 44.3 Å². The molecule has 0 spiro atoms. The fraction of sp³-hybridized carbons (Fsp3) is 0.179. The van der Waals surface area contributed by atoms with Crippen molar-refractivity contribution in [2.75, 3.05) is 46.5 Å². The van der Waals surface area contributed by atoms with Gasteiger partial charge in [-0.2, -0.15) is 8.78 Å². The van der Waals surface area contributed by atoms with E-state index in [-0.39, 0.29) is 57.1 Å². The van der Waals surface area contributed by atoms with Crippen LogP contribution in [0.25, 0.3) is 42.3 Å². The van der Waals surface area contributed by atoms with Crippen molar-refractivity contribution in [3.8, 4) is 42.3 Å². The number of para-hydroxylation sites is 1. The van der Waals surface area contributed by atoms with Crippen LogP contribution < -0.4 is 20.9 Å². The molecule has 0 radical (unpaired) electrons. The maximum absolute atomic E-state index is 16.2. The first-order valence-corrected chi connectivity index (χ1v) is 34.3. The highest BCUT2D eigenvalue weighted by molar-refractivity contribution is 8.02.